The van der Waals surface area contributed by atoms with Gasteiger partial charge in [-0.15, -0.1) is 0 Å². The fourth-order valence-electron chi connectivity index (χ4n) is 2.66. The normalized spacial score (nSPS) is 37.2. The summed E-state index contributed by atoms with van der Waals surface area (Å²) >= 11 is 1.73. The van der Waals surface area contributed by atoms with Gasteiger partial charge in [0.25, 0.3) is 5.91 Å². The van der Waals surface area contributed by atoms with E-state index in [0.29, 0.717) is 19.1 Å². The van der Waals surface area contributed by atoms with Crippen molar-refractivity contribution >= 4 is 23.7 Å². The first-order valence-electron chi connectivity index (χ1n) is 6.01. The first kappa shape index (κ1) is 11.3. The summed E-state index contributed by atoms with van der Waals surface area (Å²) in [6.45, 7) is 1.92. The topological polar surface area (TPSA) is 58.6 Å². The van der Waals surface area contributed by atoms with Crippen molar-refractivity contribution < 1.29 is 14.3 Å². The van der Waals surface area contributed by atoms with Crippen molar-refractivity contribution in [3.63, 3.8) is 0 Å². The number of ether oxygens (including phenoxy) is 1. The molecule has 1 N–H and O–H groups in total. The predicted octanol–water partition coefficient (Wildman–Crippen LogP) is 0.450. The van der Waals surface area contributed by atoms with Gasteiger partial charge >= 0.3 is 6.03 Å². The van der Waals surface area contributed by atoms with E-state index in [9.17, 15) is 9.59 Å². The monoisotopic (exact) mass is 256 g/mol. The van der Waals surface area contributed by atoms with Crippen molar-refractivity contribution in [1.82, 2.24) is 10.2 Å². The average molecular weight is 256 g/mol. The van der Waals surface area contributed by atoms with Crippen molar-refractivity contribution in [3.8, 4) is 0 Å². The second-order valence-electron chi connectivity index (χ2n) is 4.96. The SMILES string of the molecule is O=C1NC2(CCSC2)C(=O)N1CC1CCOC1. The summed E-state index contributed by atoms with van der Waals surface area (Å²) in [6.07, 6.45) is 1.71. The number of hydrogen-bond donors (Lipinski definition) is 1. The van der Waals surface area contributed by atoms with Crippen LogP contribution in [0.4, 0.5) is 4.79 Å². The van der Waals surface area contributed by atoms with Gasteiger partial charge in [-0.2, -0.15) is 11.8 Å². The van der Waals surface area contributed by atoms with Crippen LogP contribution in [-0.2, 0) is 9.53 Å². The minimum Gasteiger partial charge on any atom is -0.381 e. The van der Waals surface area contributed by atoms with Gasteiger partial charge in [0.15, 0.2) is 0 Å². The lowest BCUT2D eigenvalue weighted by molar-refractivity contribution is -0.130. The minimum atomic E-state index is -0.596. The van der Waals surface area contributed by atoms with Gasteiger partial charge in [0.2, 0.25) is 0 Å². The fraction of sp³-hybridized carbons (Fsp3) is 0.818. The van der Waals surface area contributed by atoms with E-state index in [1.807, 2.05) is 0 Å². The predicted molar refractivity (Wildman–Crippen MR) is 63.8 cm³/mol. The van der Waals surface area contributed by atoms with Crippen LogP contribution < -0.4 is 5.32 Å². The Balaban J connectivity index is 1.72. The summed E-state index contributed by atoms with van der Waals surface area (Å²) in [4.78, 5) is 25.6. The van der Waals surface area contributed by atoms with Crippen LogP contribution in [0.5, 0.6) is 0 Å². The van der Waals surface area contributed by atoms with Crippen molar-refractivity contribution in [2.24, 2.45) is 5.92 Å². The van der Waals surface area contributed by atoms with Crippen molar-refractivity contribution in [3.05, 3.63) is 0 Å². The number of carbonyl (C=O) groups excluding carboxylic acids is 2. The van der Waals surface area contributed by atoms with Crippen molar-refractivity contribution in [2.45, 2.75) is 18.4 Å². The van der Waals surface area contributed by atoms with Gasteiger partial charge in [0, 0.05) is 24.8 Å². The Morgan fingerprint density at radius 2 is 2.41 bits per heavy atom. The van der Waals surface area contributed by atoms with Gasteiger partial charge in [0.1, 0.15) is 5.54 Å². The van der Waals surface area contributed by atoms with Crippen LogP contribution in [0.15, 0.2) is 0 Å². The number of rotatable bonds is 2. The Kier molecular flexibility index (Phi) is 2.78. The van der Waals surface area contributed by atoms with E-state index in [-0.39, 0.29) is 11.9 Å². The van der Waals surface area contributed by atoms with E-state index in [2.05, 4.69) is 5.32 Å². The second-order valence-corrected chi connectivity index (χ2v) is 6.07. The molecule has 2 unspecified atom stereocenters. The van der Waals surface area contributed by atoms with Crippen molar-refractivity contribution in [1.29, 1.82) is 0 Å². The molecule has 6 heteroatoms. The molecule has 3 aliphatic rings. The van der Waals surface area contributed by atoms with Crippen LogP contribution >= 0.6 is 11.8 Å². The smallest absolute Gasteiger partial charge is 0.325 e. The molecule has 0 aliphatic carbocycles. The Morgan fingerprint density at radius 1 is 1.53 bits per heavy atom. The van der Waals surface area contributed by atoms with Crippen LogP contribution in [0.2, 0.25) is 0 Å². The average Bonchev–Trinajstić information content (AvgIpc) is 2.99. The Bertz CT molecular complexity index is 349. The molecular formula is C11H16N2O3S. The van der Waals surface area contributed by atoms with E-state index < -0.39 is 5.54 Å². The van der Waals surface area contributed by atoms with Crippen LogP contribution in [0.3, 0.4) is 0 Å². The molecular weight excluding hydrogens is 240 g/mol. The van der Waals surface area contributed by atoms with Gasteiger partial charge in [-0.3, -0.25) is 9.69 Å². The summed E-state index contributed by atoms with van der Waals surface area (Å²) in [5.74, 6) is 1.95. The fourth-order valence-corrected chi connectivity index (χ4v) is 3.99. The third kappa shape index (κ3) is 1.83. The zero-order chi connectivity index (χ0) is 11.9. The Labute approximate surface area is 104 Å². The summed E-state index contributed by atoms with van der Waals surface area (Å²) in [6, 6.07) is -0.218. The maximum absolute atomic E-state index is 12.3. The van der Waals surface area contributed by atoms with E-state index in [1.165, 1.54) is 4.90 Å². The number of imide groups is 1. The highest BCUT2D eigenvalue weighted by molar-refractivity contribution is 7.99. The van der Waals surface area contributed by atoms with E-state index in [4.69, 9.17) is 4.74 Å². The molecule has 0 saturated carbocycles. The third-order valence-electron chi connectivity index (χ3n) is 3.73. The maximum Gasteiger partial charge on any atom is 0.325 e. The molecule has 94 valence electrons. The van der Waals surface area contributed by atoms with E-state index in [1.54, 1.807) is 11.8 Å². The van der Waals surface area contributed by atoms with Crippen LogP contribution in [-0.4, -0.2) is 53.6 Å². The molecule has 3 heterocycles. The van der Waals surface area contributed by atoms with Crippen LogP contribution in [0, 0.1) is 5.92 Å². The molecule has 5 nitrogen and oxygen atoms in total. The molecule has 3 amide bonds. The van der Waals surface area contributed by atoms with Gasteiger partial charge < -0.3 is 10.1 Å². The summed E-state index contributed by atoms with van der Waals surface area (Å²) in [7, 11) is 0. The lowest BCUT2D eigenvalue weighted by Crippen LogP contribution is -2.47. The van der Waals surface area contributed by atoms with Gasteiger partial charge in [-0.25, -0.2) is 4.79 Å². The first-order valence-corrected chi connectivity index (χ1v) is 7.16. The maximum atomic E-state index is 12.3. The van der Waals surface area contributed by atoms with Gasteiger partial charge in [-0.1, -0.05) is 0 Å². The quantitative estimate of drug-likeness (QED) is 0.729. The molecule has 1 spiro atoms. The van der Waals surface area contributed by atoms with Crippen molar-refractivity contribution in [2.75, 3.05) is 31.3 Å². The number of amides is 3. The Morgan fingerprint density at radius 3 is 3.06 bits per heavy atom. The summed E-state index contributed by atoms with van der Waals surface area (Å²) in [5, 5.41) is 2.88. The minimum absolute atomic E-state index is 0.0283. The third-order valence-corrected chi connectivity index (χ3v) is 4.92. The lowest BCUT2D eigenvalue weighted by atomic mass is 9.99. The molecule has 3 saturated heterocycles. The number of carbonyl (C=O) groups is 2. The zero-order valence-corrected chi connectivity index (χ0v) is 10.4. The summed E-state index contributed by atoms with van der Waals surface area (Å²) < 4.78 is 5.28. The van der Waals surface area contributed by atoms with Crippen LogP contribution in [0.25, 0.3) is 0 Å². The molecule has 17 heavy (non-hydrogen) atoms. The Hall–Kier alpha value is -0.750. The number of hydrogen-bond acceptors (Lipinski definition) is 4. The van der Waals surface area contributed by atoms with Crippen LogP contribution in [0.1, 0.15) is 12.8 Å². The highest BCUT2D eigenvalue weighted by Crippen LogP contribution is 2.34. The number of thioether (sulfide) groups is 1. The molecule has 3 fully saturated rings. The molecule has 0 bridgehead atoms. The first-order chi connectivity index (χ1) is 8.21. The zero-order valence-electron chi connectivity index (χ0n) is 9.61. The highest BCUT2D eigenvalue weighted by atomic mass is 32.2. The molecule has 0 aromatic heterocycles. The van der Waals surface area contributed by atoms with Gasteiger partial charge in [-0.05, 0) is 18.6 Å². The molecule has 2 atom stereocenters. The lowest BCUT2D eigenvalue weighted by Gasteiger charge is -2.20. The van der Waals surface area contributed by atoms with E-state index in [0.717, 1.165) is 31.0 Å². The largest absolute Gasteiger partial charge is 0.381 e. The summed E-state index contributed by atoms with van der Waals surface area (Å²) in [5.41, 5.74) is -0.596. The molecule has 0 radical (unpaired) electrons. The molecule has 0 aromatic carbocycles. The molecule has 0 aromatic rings. The van der Waals surface area contributed by atoms with Gasteiger partial charge in [0.05, 0.1) is 6.61 Å². The standard InChI is InChI=1S/C11H16N2O3S/c14-9-11(2-4-17-7-11)12-10(15)13(9)5-8-1-3-16-6-8/h8H,1-7H2,(H,12,15). The second kappa shape index (κ2) is 4.17. The number of nitrogens with one attached hydrogen (secondary N) is 1. The number of nitrogens with zero attached hydrogens (tertiary/aromatic N) is 1. The number of urea groups is 1. The molecule has 3 rings (SSSR count). The highest BCUT2D eigenvalue weighted by Gasteiger charge is 2.53. The van der Waals surface area contributed by atoms with E-state index >= 15 is 0 Å². The molecule has 3 aliphatic heterocycles.